The Bertz CT molecular complexity index is 859. The number of carbonyl (C=O) groups excluding carboxylic acids is 1. The number of nitrogens with zero attached hydrogens (tertiary/aromatic N) is 4. The summed E-state index contributed by atoms with van der Waals surface area (Å²) in [7, 11) is 0. The lowest BCUT2D eigenvalue weighted by atomic mass is 10.1. The molecule has 0 N–H and O–H groups in total. The van der Waals surface area contributed by atoms with Crippen molar-refractivity contribution in [3.05, 3.63) is 30.0 Å². The molecule has 0 amide bonds. The van der Waals surface area contributed by atoms with Gasteiger partial charge < -0.3 is 14.4 Å². The van der Waals surface area contributed by atoms with Crippen molar-refractivity contribution in [3.8, 4) is 6.07 Å². The molecule has 1 fully saturated rings. The van der Waals surface area contributed by atoms with Gasteiger partial charge in [0.25, 0.3) is 0 Å². The summed E-state index contributed by atoms with van der Waals surface area (Å²) in [5, 5.41) is 9.76. The molecule has 7 nitrogen and oxygen atoms in total. The predicted molar refractivity (Wildman–Crippen MR) is 111 cm³/mol. The number of carbonyl (C=O) groups is 1. The lowest BCUT2D eigenvalue weighted by Gasteiger charge is -2.29. The molecular weight excluding hydrogens is 368 g/mol. The van der Waals surface area contributed by atoms with E-state index >= 15 is 0 Å². The lowest BCUT2D eigenvalue weighted by Crippen LogP contribution is -2.38. The molecule has 0 saturated carbocycles. The van der Waals surface area contributed by atoms with Crippen LogP contribution in [0.2, 0.25) is 0 Å². The van der Waals surface area contributed by atoms with Crippen LogP contribution in [-0.2, 0) is 14.3 Å². The van der Waals surface area contributed by atoms with E-state index in [2.05, 4.69) is 18.0 Å². The minimum absolute atomic E-state index is 0.328. The van der Waals surface area contributed by atoms with Crippen molar-refractivity contribution in [3.63, 3.8) is 0 Å². The number of nitriles is 1. The highest BCUT2D eigenvalue weighted by atomic mass is 16.5. The fraction of sp³-hybridized carbons (Fsp3) is 0.545. The molecule has 1 aliphatic heterocycles. The van der Waals surface area contributed by atoms with Crippen LogP contribution in [0.25, 0.3) is 11.0 Å². The van der Waals surface area contributed by atoms with E-state index in [1.165, 1.54) is 12.8 Å². The van der Waals surface area contributed by atoms with Crippen LogP contribution in [0.4, 0.5) is 5.82 Å². The first-order valence-corrected chi connectivity index (χ1v) is 10.4. The van der Waals surface area contributed by atoms with Gasteiger partial charge in [-0.2, -0.15) is 5.26 Å². The van der Waals surface area contributed by atoms with E-state index in [9.17, 15) is 10.1 Å². The molecule has 7 heteroatoms. The van der Waals surface area contributed by atoms with Gasteiger partial charge in [0.2, 0.25) is 0 Å². The highest BCUT2D eigenvalue weighted by molar-refractivity contribution is 5.85. The molecule has 154 valence electrons. The summed E-state index contributed by atoms with van der Waals surface area (Å²) in [6.45, 7) is 4.93. The highest BCUT2D eigenvalue weighted by Crippen LogP contribution is 2.28. The van der Waals surface area contributed by atoms with Crippen molar-refractivity contribution < 1.29 is 14.3 Å². The zero-order valence-electron chi connectivity index (χ0n) is 17.0. The number of anilines is 1. The van der Waals surface area contributed by atoms with E-state index in [4.69, 9.17) is 14.5 Å². The Balaban J connectivity index is 1.80. The zero-order valence-corrected chi connectivity index (χ0v) is 17.0. The van der Waals surface area contributed by atoms with Gasteiger partial charge in [-0.1, -0.05) is 44.7 Å². The standard InChI is InChI=1S/C22H28N4O3/c1-2-3-4-5-8-13-29-22(27)17(16-23)20-21(26-11-14-28-15-12-26)25-19-10-7-6-9-18(19)24-20/h6-7,9-10,17H,2-5,8,11-15H2,1H3/t17-/m1/s1. The number of morpholine rings is 1. The maximum Gasteiger partial charge on any atom is 0.329 e. The van der Waals surface area contributed by atoms with Crippen molar-refractivity contribution in [2.45, 2.75) is 44.9 Å². The van der Waals surface area contributed by atoms with Crippen LogP contribution in [0.15, 0.2) is 24.3 Å². The molecule has 0 radical (unpaired) electrons. The van der Waals surface area contributed by atoms with Gasteiger partial charge in [-0.25, -0.2) is 9.97 Å². The molecule has 0 spiro atoms. The average Bonchev–Trinajstić information content (AvgIpc) is 2.77. The fourth-order valence-electron chi connectivity index (χ4n) is 3.39. The zero-order chi connectivity index (χ0) is 20.5. The van der Waals surface area contributed by atoms with Crippen LogP contribution >= 0.6 is 0 Å². The first kappa shape index (κ1) is 21.0. The Kier molecular flexibility index (Phi) is 7.77. The summed E-state index contributed by atoms with van der Waals surface area (Å²) in [4.78, 5) is 24.1. The van der Waals surface area contributed by atoms with Gasteiger partial charge in [-0.15, -0.1) is 0 Å². The van der Waals surface area contributed by atoms with Crippen LogP contribution in [0.3, 0.4) is 0 Å². The van der Waals surface area contributed by atoms with E-state index in [0.717, 1.165) is 24.8 Å². The van der Waals surface area contributed by atoms with E-state index < -0.39 is 11.9 Å². The number of para-hydroxylation sites is 2. The molecule has 2 heterocycles. The third-order valence-electron chi connectivity index (χ3n) is 5.02. The van der Waals surface area contributed by atoms with Crippen LogP contribution in [0.5, 0.6) is 0 Å². The lowest BCUT2D eigenvalue weighted by molar-refractivity contribution is -0.144. The number of ether oxygens (including phenoxy) is 2. The molecule has 1 aromatic carbocycles. The summed E-state index contributed by atoms with van der Waals surface area (Å²) >= 11 is 0. The van der Waals surface area contributed by atoms with E-state index in [0.29, 0.717) is 49.9 Å². The number of benzene rings is 1. The van der Waals surface area contributed by atoms with Crippen LogP contribution in [0, 0.1) is 11.3 Å². The Morgan fingerprint density at radius 1 is 1.17 bits per heavy atom. The summed E-state index contributed by atoms with van der Waals surface area (Å²) < 4.78 is 10.8. The molecule has 0 aliphatic carbocycles. The van der Waals surface area contributed by atoms with Gasteiger partial charge in [0.15, 0.2) is 11.7 Å². The third-order valence-corrected chi connectivity index (χ3v) is 5.02. The van der Waals surface area contributed by atoms with Crippen LogP contribution in [0.1, 0.15) is 50.6 Å². The molecule has 3 rings (SSSR count). The summed E-state index contributed by atoms with van der Waals surface area (Å²) in [5.74, 6) is -1.08. The summed E-state index contributed by atoms with van der Waals surface area (Å²) in [5.41, 5.74) is 1.76. The maximum absolute atomic E-state index is 12.7. The summed E-state index contributed by atoms with van der Waals surface area (Å²) in [6.07, 6.45) is 5.31. The van der Waals surface area contributed by atoms with Crippen molar-refractivity contribution in [1.29, 1.82) is 5.26 Å². The Labute approximate surface area is 171 Å². The van der Waals surface area contributed by atoms with Gasteiger partial charge in [0, 0.05) is 13.1 Å². The second-order valence-corrected chi connectivity index (χ2v) is 7.16. The molecule has 1 aliphatic rings. The normalized spacial score (nSPS) is 15.1. The van der Waals surface area contributed by atoms with Gasteiger partial charge in [-0.05, 0) is 18.6 Å². The number of rotatable bonds is 9. The third kappa shape index (κ3) is 5.42. The number of unbranched alkanes of at least 4 members (excludes halogenated alkanes) is 4. The molecule has 0 unspecified atom stereocenters. The molecule has 1 atom stereocenters. The first-order valence-electron chi connectivity index (χ1n) is 10.4. The van der Waals surface area contributed by atoms with Gasteiger partial charge in [-0.3, -0.25) is 4.79 Å². The number of fused-ring (bicyclic) bond motifs is 1. The SMILES string of the molecule is CCCCCCCOC(=O)[C@H](C#N)c1nc2ccccc2nc1N1CCOCC1. The van der Waals surface area contributed by atoms with Gasteiger partial charge in [0.05, 0.1) is 36.9 Å². The highest BCUT2D eigenvalue weighted by Gasteiger charge is 2.30. The topological polar surface area (TPSA) is 88.3 Å². The molecule has 1 saturated heterocycles. The van der Waals surface area contributed by atoms with Gasteiger partial charge >= 0.3 is 5.97 Å². The summed E-state index contributed by atoms with van der Waals surface area (Å²) in [6, 6.07) is 9.57. The average molecular weight is 396 g/mol. The number of aromatic nitrogens is 2. The van der Waals surface area contributed by atoms with Crippen molar-refractivity contribution in [2.75, 3.05) is 37.8 Å². The maximum atomic E-state index is 12.7. The molecule has 1 aromatic heterocycles. The van der Waals surface area contributed by atoms with Crippen molar-refractivity contribution in [1.82, 2.24) is 9.97 Å². The molecule has 2 aromatic rings. The van der Waals surface area contributed by atoms with Crippen molar-refractivity contribution in [2.24, 2.45) is 0 Å². The number of hydrogen-bond donors (Lipinski definition) is 0. The van der Waals surface area contributed by atoms with Gasteiger partial charge in [0.1, 0.15) is 5.69 Å². The number of esters is 1. The Hall–Kier alpha value is -2.72. The Morgan fingerprint density at radius 3 is 2.55 bits per heavy atom. The second-order valence-electron chi connectivity index (χ2n) is 7.16. The van der Waals surface area contributed by atoms with E-state index in [1.54, 1.807) is 0 Å². The second kappa shape index (κ2) is 10.7. The fourth-order valence-corrected chi connectivity index (χ4v) is 3.39. The Morgan fingerprint density at radius 2 is 1.86 bits per heavy atom. The minimum atomic E-state index is -1.10. The largest absolute Gasteiger partial charge is 0.464 e. The van der Waals surface area contributed by atoms with E-state index in [-0.39, 0.29) is 0 Å². The number of hydrogen-bond acceptors (Lipinski definition) is 7. The van der Waals surface area contributed by atoms with Crippen LogP contribution in [-0.4, -0.2) is 48.8 Å². The smallest absolute Gasteiger partial charge is 0.329 e. The quantitative estimate of drug-likeness (QED) is 0.473. The first-order chi connectivity index (χ1) is 14.2. The molecule has 0 bridgehead atoms. The van der Waals surface area contributed by atoms with E-state index in [1.807, 2.05) is 29.2 Å². The molecule has 29 heavy (non-hydrogen) atoms. The molecular formula is C22H28N4O3. The monoisotopic (exact) mass is 396 g/mol. The predicted octanol–water partition coefficient (Wildman–Crippen LogP) is 3.59. The van der Waals surface area contributed by atoms with Crippen molar-refractivity contribution >= 4 is 22.8 Å². The minimum Gasteiger partial charge on any atom is -0.464 e. The van der Waals surface area contributed by atoms with Crippen LogP contribution < -0.4 is 4.90 Å².